The van der Waals surface area contributed by atoms with Gasteiger partial charge in [0.1, 0.15) is 0 Å². The number of carbonyl (C=O) groups excluding carboxylic acids is 1. The number of hydrogen-bond donors (Lipinski definition) is 2. The molecule has 0 atom stereocenters. The highest BCUT2D eigenvalue weighted by molar-refractivity contribution is 5.85. The van der Waals surface area contributed by atoms with E-state index in [4.69, 9.17) is 0 Å². The predicted molar refractivity (Wildman–Crippen MR) is 67.7 cm³/mol. The third-order valence-corrected chi connectivity index (χ3v) is 2.58. The van der Waals surface area contributed by atoms with Crippen LogP contribution in [0.3, 0.4) is 0 Å². The van der Waals surface area contributed by atoms with Crippen molar-refractivity contribution in [2.45, 2.75) is 39.8 Å². The lowest BCUT2D eigenvalue weighted by molar-refractivity contribution is -0.126. The first-order valence-corrected chi connectivity index (χ1v) is 5.98. The quantitative estimate of drug-likeness (QED) is 0.767. The van der Waals surface area contributed by atoms with Crippen LogP contribution in [0.2, 0.25) is 0 Å². The number of rotatable bonds is 6. The highest BCUT2D eigenvalue weighted by Gasteiger charge is 2.25. The molecule has 1 aromatic heterocycles. The molecule has 1 heterocycles. The van der Waals surface area contributed by atoms with Gasteiger partial charge in [0.15, 0.2) is 0 Å². The Morgan fingerprint density at radius 3 is 2.76 bits per heavy atom. The van der Waals surface area contributed by atoms with Crippen LogP contribution in [-0.2, 0) is 11.3 Å². The van der Waals surface area contributed by atoms with Crippen molar-refractivity contribution in [3.63, 3.8) is 0 Å². The van der Waals surface area contributed by atoms with E-state index < -0.39 is 5.54 Å². The van der Waals surface area contributed by atoms with E-state index >= 15 is 0 Å². The lowest BCUT2D eigenvalue weighted by Crippen LogP contribution is -2.53. The summed E-state index contributed by atoms with van der Waals surface area (Å²) in [6, 6.07) is 0. The summed E-state index contributed by atoms with van der Waals surface area (Å²) in [5, 5.41) is 10.2. The van der Waals surface area contributed by atoms with Crippen molar-refractivity contribution in [2.24, 2.45) is 0 Å². The second kappa shape index (κ2) is 5.82. The van der Waals surface area contributed by atoms with Crippen molar-refractivity contribution >= 4 is 5.91 Å². The van der Waals surface area contributed by atoms with E-state index in [0.717, 1.165) is 12.1 Å². The second-order valence-electron chi connectivity index (χ2n) is 4.69. The van der Waals surface area contributed by atoms with Gasteiger partial charge >= 0.3 is 0 Å². The minimum absolute atomic E-state index is 0.0169. The molecule has 0 aliphatic rings. The fraction of sp³-hybridized carbons (Fsp3) is 0.667. The molecule has 0 fully saturated rings. The Hall–Kier alpha value is -1.36. The zero-order valence-corrected chi connectivity index (χ0v) is 11.1. The average molecular weight is 238 g/mol. The van der Waals surface area contributed by atoms with Crippen LogP contribution in [0.25, 0.3) is 0 Å². The SMILES string of the molecule is CCNC(C)(C)C(=O)NCCn1cc(C)cn1. The molecule has 1 amide bonds. The van der Waals surface area contributed by atoms with Gasteiger partial charge in [-0.25, -0.2) is 0 Å². The van der Waals surface area contributed by atoms with Gasteiger partial charge in [-0.05, 0) is 32.9 Å². The van der Waals surface area contributed by atoms with E-state index in [1.54, 1.807) is 0 Å². The van der Waals surface area contributed by atoms with Crippen LogP contribution in [-0.4, -0.2) is 34.3 Å². The average Bonchev–Trinajstić information content (AvgIpc) is 2.64. The molecule has 0 aliphatic carbocycles. The number of likely N-dealkylation sites (N-methyl/N-ethyl adjacent to an activating group) is 1. The Morgan fingerprint density at radius 1 is 1.53 bits per heavy atom. The molecule has 5 nitrogen and oxygen atoms in total. The molecule has 0 aliphatic heterocycles. The van der Waals surface area contributed by atoms with Crippen molar-refractivity contribution in [1.82, 2.24) is 20.4 Å². The summed E-state index contributed by atoms with van der Waals surface area (Å²) in [6.45, 7) is 9.81. The lowest BCUT2D eigenvalue weighted by Gasteiger charge is -2.24. The molecular weight excluding hydrogens is 216 g/mol. The molecule has 0 aromatic carbocycles. The minimum Gasteiger partial charge on any atom is -0.353 e. The number of aromatic nitrogens is 2. The molecule has 17 heavy (non-hydrogen) atoms. The monoisotopic (exact) mass is 238 g/mol. The number of nitrogens with zero attached hydrogens (tertiary/aromatic N) is 2. The summed E-state index contributed by atoms with van der Waals surface area (Å²) in [7, 11) is 0. The van der Waals surface area contributed by atoms with Gasteiger partial charge in [0, 0.05) is 12.7 Å². The topological polar surface area (TPSA) is 59.0 Å². The Balaban J connectivity index is 2.33. The van der Waals surface area contributed by atoms with Crippen LogP contribution in [0.15, 0.2) is 12.4 Å². The van der Waals surface area contributed by atoms with Crippen LogP contribution in [0.1, 0.15) is 26.3 Å². The van der Waals surface area contributed by atoms with Crippen molar-refractivity contribution in [1.29, 1.82) is 0 Å². The summed E-state index contributed by atoms with van der Waals surface area (Å²) in [5.74, 6) is 0.0169. The van der Waals surface area contributed by atoms with Crippen molar-refractivity contribution in [3.8, 4) is 0 Å². The third kappa shape index (κ3) is 4.19. The Bertz CT molecular complexity index is 370. The van der Waals surface area contributed by atoms with E-state index in [-0.39, 0.29) is 5.91 Å². The summed E-state index contributed by atoms with van der Waals surface area (Å²) >= 11 is 0. The van der Waals surface area contributed by atoms with Crippen LogP contribution in [0.4, 0.5) is 0 Å². The first kappa shape index (κ1) is 13.7. The summed E-state index contributed by atoms with van der Waals surface area (Å²) in [5.41, 5.74) is 0.610. The van der Waals surface area contributed by atoms with Gasteiger partial charge in [0.25, 0.3) is 0 Å². The van der Waals surface area contributed by atoms with Crippen molar-refractivity contribution in [3.05, 3.63) is 18.0 Å². The molecule has 1 rings (SSSR count). The van der Waals surface area contributed by atoms with Gasteiger partial charge in [-0.15, -0.1) is 0 Å². The number of amides is 1. The van der Waals surface area contributed by atoms with Crippen LogP contribution in [0, 0.1) is 6.92 Å². The zero-order chi connectivity index (χ0) is 12.9. The van der Waals surface area contributed by atoms with Gasteiger partial charge in [0.2, 0.25) is 5.91 Å². The summed E-state index contributed by atoms with van der Waals surface area (Å²) in [6.07, 6.45) is 3.77. The normalized spacial score (nSPS) is 11.5. The van der Waals surface area contributed by atoms with Gasteiger partial charge < -0.3 is 10.6 Å². The van der Waals surface area contributed by atoms with E-state index in [1.165, 1.54) is 0 Å². The van der Waals surface area contributed by atoms with Crippen LogP contribution in [0.5, 0.6) is 0 Å². The van der Waals surface area contributed by atoms with E-state index in [2.05, 4.69) is 15.7 Å². The fourth-order valence-electron chi connectivity index (χ4n) is 1.62. The van der Waals surface area contributed by atoms with Crippen molar-refractivity contribution in [2.75, 3.05) is 13.1 Å². The highest BCUT2D eigenvalue weighted by atomic mass is 16.2. The number of aryl methyl sites for hydroxylation is 1. The molecule has 0 saturated carbocycles. The summed E-state index contributed by atoms with van der Waals surface area (Å²) in [4.78, 5) is 11.8. The second-order valence-corrected chi connectivity index (χ2v) is 4.69. The maximum absolute atomic E-state index is 11.8. The maximum Gasteiger partial charge on any atom is 0.239 e. The molecule has 0 radical (unpaired) electrons. The number of hydrogen-bond acceptors (Lipinski definition) is 3. The Morgan fingerprint density at radius 2 is 2.24 bits per heavy atom. The lowest BCUT2D eigenvalue weighted by atomic mass is 10.0. The molecule has 5 heteroatoms. The Labute approximate surface area is 103 Å². The third-order valence-electron chi connectivity index (χ3n) is 2.58. The summed E-state index contributed by atoms with van der Waals surface area (Å²) < 4.78 is 1.83. The van der Waals surface area contributed by atoms with Crippen LogP contribution < -0.4 is 10.6 Å². The molecule has 0 saturated heterocycles. The van der Waals surface area contributed by atoms with Gasteiger partial charge in [-0.3, -0.25) is 9.48 Å². The van der Waals surface area contributed by atoms with Gasteiger partial charge in [-0.1, -0.05) is 6.92 Å². The highest BCUT2D eigenvalue weighted by Crippen LogP contribution is 2.01. The molecule has 96 valence electrons. The number of nitrogens with one attached hydrogen (secondary N) is 2. The minimum atomic E-state index is -0.519. The van der Waals surface area contributed by atoms with Gasteiger partial charge in [0.05, 0.1) is 18.3 Å². The standard InChI is InChI=1S/C12H22N4O/c1-5-14-12(3,4)11(17)13-6-7-16-9-10(2)8-15-16/h8-9,14H,5-7H2,1-4H3,(H,13,17). The largest absolute Gasteiger partial charge is 0.353 e. The first-order valence-electron chi connectivity index (χ1n) is 5.98. The molecule has 0 unspecified atom stereocenters. The Kier molecular flexibility index (Phi) is 4.69. The molecule has 0 bridgehead atoms. The number of carbonyl (C=O) groups is 1. The predicted octanol–water partition coefficient (Wildman–Crippen LogP) is 0.696. The fourth-order valence-corrected chi connectivity index (χ4v) is 1.62. The smallest absolute Gasteiger partial charge is 0.239 e. The van der Waals surface area contributed by atoms with Crippen LogP contribution >= 0.6 is 0 Å². The molecule has 2 N–H and O–H groups in total. The van der Waals surface area contributed by atoms with Crippen molar-refractivity contribution < 1.29 is 4.79 Å². The van der Waals surface area contributed by atoms with E-state index in [9.17, 15) is 4.79 Å². The first-order chi connectivity index (χ1) is 7.95. The molecular formula is C12H22N4O. The maximum atomic E-state index is 11.8. The zero-order valence-electron chi connectivity index (χ0n) is 11.1. The van der Waals surface area contributed by atoms with Gasteiger partial charge in [-0.2, -0.15) is 5.10 Å². The molecule has 0 spiro atoms. The van der Waals surface area contributed by atoms with E-state index in [0.29, 0.717) is 13.1 Å². The van der Waals surface area contributed by atoms with E-state index in [1.807, 2.05) is 44.8 Å². The molecule has 1 aromatic rings.